The van der Waals surface area contributed by atoms with Crippen molar-refractivity contribution in [3.05, 3.63) is 35.6 Å². The molecule has 1 heterocycles. The summed E-state index contributed by atoms with van der Waals surface area (Å²) in [5.41, 5.74) is 0.515. The van der Waals surface area contributed by atoms with Crippen molar-refractivity contribution in [3.63, 3.8) is 0 Å². The summed E-state index contributed by atoms with van der Waals surface area (Å²) in [6.07, 6.45) is 0. The van der Waals surface area contributed by atoms with Crippen molar-refractivity contribution in [3.8, 4) is 0 Å². The zero-order valence-electron chi connectivity index (χ0n) is 12.1. The van der Waals surface area contributed by atoms with Gasteiger partial charge >= 0.3 is 6.03 Å². The lowest BCUT2D eigenvalue weighted by molar-refractivity contribution is 0.119. The molecule has 0 radical (unpaired) electrons. The second-order valence-corrected chi connectivity index (χ2v) is 5.37. The Bertz CT molecular complexity index is 456. The Morgan fingerprint density at radius 1 is 1.25 bits per heavy atom. The molecule has 110 valence electrons. The second-order valence-electron chi connectivity index (χ2n) is 5.37. The number of rotatable bonds is 3. The van der Waals surface area contributed by atoms with Crippen LogP contribution in [0.1, 0.15) is 19.4 Å². The van der Waals surface area contributed by atoms with Gasteiger partial charge in [0.1, 0.15) is 5.82 Å². The van der Waals surface area contributed by atoms with E-state index in [9.17, 15) is 9.18 Å². The number of piperazine rings is 1. The van der Waals surface area contributed by atoms with Crippen molar-refractivity contribution in [1.82, 2.24) is 15.1 Å². The van der Waals surface area contributed by atoms with Crippen molar-refractivity contribution >= 4 is 6.03 Å². The molecule has 0 bridgehead atoms. The summed E-state index contributed by atoms with van der Waals surface area (Å²) < 4.78 is 13.5. The summed E-state index contributed by atoms with van der Waals surface area (Å²) in [6, 6.07) is 6.91. The van der Waals surface area contributed by atoms with Crippen molar-refractivity contribution < 1.29 is 9.18 Å². The number of hydrogen-bond acceptors (Lipinski definition) is 2. The lowest BCUT2D eigenvalue weighted by Gasteiger charge is -2.36. The minimum atomic E-state index is -0.280. The van der Waals surface area contributed by atoms with Crippen LogP contribution in [0.2, 0.25) is 0 Å². The number of hydrogen-bond donors (Lipinski definition) is 1. The van der Waals surface area contributed by atoms with Crippen LogP contribution in [0.15, 0.2) is 24.3 Å². The molecule has 0 atom stereocenters. The molecule has 1 fully saturated rings. The Labute approximate surface area is 119 Å². The molecule has 20 heavy (non-hydrogen) atoms. The van der Waals surface area contributed by atoms with E-state index in [1.165, 1.54) is 6.07 Å². The van der Waals surface area contributed by atoms with Crippen molar-refractivity contribution in [2.75, 3.05) is 26.2 Å². The zero-order chi connectivity index (χ0) is 14.5. The molecule has 4 nitrogen and oxygen atoms in total. The first-order chi connectivity index (χ1) is 9.58. The van der Waals surface area contributed by atoms with Gasteiger partial charge in [-0.3, -0.25) is 4.90 Å². The van der Waals surface area contributed by atoms with Crippen LogP contribution in [0.3, 0.4) is 0 Å². The van der Waals surface area contributed by atoms with Crippen LogP contribution in [0.4, 0.5) is 9.18 Å². The molecule has 2 rings (SSSR count). The number of urea groups is 1. The van der Waals surface area contributed by atoms with Gasteiger partial charge in [-0.05, 0) is 19.9 Å². The van der Waals surface area contributed by atoms with Crippen molar-refractivity contribution in [2.24, 2.45) is 0 Å². The number of carbonyl (C=O) groups excluding carboxylic acids is 1. The molecule has 1 aliphatic heterocycles. The Morgan fingerprint density at radius 3 is 2.50 bits per heavy atom. The van der Waals surface area contributed by atoms with E-state index in [0.717, 1.165) is 26.2 Å². The topological polar surface area (TPSA) is 35.6 Å². The molecular weight excluding hydrogens is 257 g/mol. The maximum Gasteiger partial charge on any atom is 0.317 e. The summed E-state index contributed by atoms with van der Waals surface area (Å²) in [6.45, 7) is 7.79. The van der Waals surface area contributed by atoms with Crippen LogP contribution in [0.5, 0.6) is 0 Å². The number of nitrogens with zero attached hydrogens (tertiary/aromatic N) is 2. The molecule has 2 amide bonds. The summed E-state index contributed by atoms with van der Waals surface area (Å²) in [7, 11) is 0. The third-order valence-corrected chi connectivity index (χ3v) is 3.72. The normalized spacial score (nSPS) is 16.5. The summed E-state index contributed by atoms with van der Waals surface area (Å²) in [4.78, 5) is 16.2. The van der Waals surface area contributed by atoms with Gasteiger partial charge in [0.05, 0.1) is 0 Å². The number of amides is 2. The first kappa shape index (κ1) is 14.8. The number of halogens is 1. The van der Waals surface area contributed by atoms with Gasteiger partial charge in [-0.15, -0.1) is 0 Å². The molecule has 0 aromatic heterocycles. The molecule has 1 N–H and O–H groups in total. The Balaban J connectivity index is 1.80. The quantitative estimate of drug-likeness (QED) is 0.919. The second kappa shape index (κ2) is 6.70. The van der Waals surface area contributed by atoms with Crippen LogP contribution in [-0.2, 0) is 6.54 Å². The average molecular weight is 279 g/mol. The first-order valence-corrected chi connectivity index (χ1v) is 7.08. The highest BCUT2D eigenvalue weighted by Gasteiger charge is 2.22. The SMILES string of the molecule is CC(C)N1CCN(C(=O)NCc2ccccc2F)CC1. The minimum Gasteiger partial charge on any atom is -0.334 e. The molecule has 1 saturated heterocycles. The highest BCUT2D eigenvalue weighted by atomic mass is 19.1. The van der Waals surface area contributed by atoms with E-state index in [0.29, 0.717) is 11.6 Å². The van der Waals surface area contributed by atoms with Gasteiger partial charge in [-0.25, -0.2) is 9.18 Å². The molecule has 0 saturated carbocycles. The third-order valence-electron chi connectivity index (χ3n) is 3.72. The average Bonchev–Trinajstić information content (AvgIpc) is 2.46. The monoisotopic (exact) mass is 279 g/mol. The fourth-order valence-electron chi connectivity index (χ4n) is 2.37. The number of carbonyl (C=O) groups is 1. The van der Waals surface area contributed by atoms with E-state index in [-0.39, 0.29) is 18.4 Å². The maximum absolute atomic E-state index is 13.5. The predicted molar refractivity (Wildman–Crippen MR) is 76.9 cm³/mol. The first-order valence-electron chi connectivity index (χ1n) is 7.08. The highest BCUT2D eigenvalue weighted by Crippen LogP contribution is 2.08. The van der Waals surface area contributed by atoms with Crippen LogP contribution in [0, 0.1) is 5.82 Å². The van der Waals surface area contributed by atoms with E-state index >= 15 is 0 Å². The molecule has 1 aliphatic rings. The summed E-state index contributed by atoms with van der Waals surface area (Å²) in [5.74, 6) is -0.280. The van der Waals surface area contributed by atoms with Gasteiger partial charge in [0, 0.05) is 44.3 Å². The fourth-order valence-corrected chi connectivity index (χ4v) is 2.37. The maximum atomic E-state index is 13.5. The minimum absolute atomic E-state index is 0.114. The number of nitrogens with one attached hydrogen (secondary N) is 1. The van der Waals surface area contributed by atoms with E-state index in [1.54, 1.807) is 23.1 Å². The van der Waals surface area contributed by atoms with Crippen LogP contribution >= 0.6 is 0 Å². The third kappa shape index (κ3) is 3.70. The fraction of sp³-hybridized carbons (Fsp3) is 0.533. The largest absolute Gasteiger partial charge is 0.334 e. The highest BCUT2D eigenvalue weighted by molar-refractivity contribution is 5.74. The number of benzene rings is 1. The van der Waals surface area contributed by atoms with E-state index in [2.05, 4.69) is 24.1 Å². The van der Waals surface area contributed by atoms with Crippen LogP contribution in [0.25, 0.3) is 0 Å². The molecule has 0 aliphatic carbocycles. The Hall–Kier alpha value is -1.62. The van der Waals surface area contributed by atoms with E-state index < -0.39 is 0 Å². The standard InChI is InChI=1S/C15H22FN3O/c1-12(2)18-7-9-19(10-8-18)15(20)17-11-13-5-3-4-6-14(13)16/h3-6,12H,7-11H2,1-2H3,(H,17,20). The van der Waals surface area contributed by atoms with Crippen molar-refractivity contribution in [2.45, 2.75) is 26.4 Å². The lowest BCUT2D eigenvalue weighted by atomic mass is 10.2. The lowest BCUT2D eigenvalue weighted by Crippen LogP contribution is -2.53. The molecule has 5 heteroatoms. The zero-order valence-corrected chi connectivity index (χ0v) is 12.1. The van der Waals surface area contributed by atoms with Gasteiger partial charge in [0.15, 0.2) is 0 Å². The smallest absolute Gasteiger partial charge is 0.317 e. The molecular formula is C15H22FN3O. The molecule has 1 aromatic carbocycles. The Kier molecular flexibility index (Phi) is 4.95. The van der Waals surface area contributed by atoms with Gasteiger partial charge in [-0.2, -0.15) is 0 Å². The summed E-state index contributed by atoms with van der Waals surface area (Å²) >= 11 is 0. The van der Waals surface area contributed by atoms with E-state index in [1.807, 2.05) is 0 Å². The predicted octanol–water partition coefficient (Wildman–Crippen LogP) is 2.06. The van der Waals surface area contributed by atoms with Crippen LogP contribution in [-0.4, -0.2) is 48.1 Å². The van der Waals surface area contributed by atoms with E-state index in [4.69, 9.17) is 0 Å². The van der Waals surface area contributed by atoms with Crippen LogP contribution < -0.4 is 5.32 Å². The van der Waals surface area contributed by atoms with Gasteiger partial charge in [0.2, 0.25) is 0 Å². The molecule has 0 unspecified atom stereocenters. The molecule has 0 spiro atoms. The summed E-state index contributed by atoms with van der Waals surface area (Å²) in [5, 5.41) is 2.78. The molecule has 1 aromatic rings. The van der Waals surface area contributed by atoms with Gasteiger partial charge < -0.3 is 10.2 Å². The van der Waals surface area contributed by atoms with Crippen molar-refractivity contribution in [1.29, 1.82) is 0 Å². The van der Waals surface area contributed by atoms with Gasteiger partial charge in [0.25, 0.3) is 0 Å². The Morgan fingerprint density at radius 2 is 1.90 bits per heavy atom. The van der Waals surface area contributed by atoms with Gasteiger partial charge in [-0.1, -0.05) is 18.2 Å².